The largest absolute Gasteiger partial charge is 0.389 e. The molecule has 0 aliphatic rings. The summed E-state index contributed by atoms with van der Waals surface area (Å²) in [4.78, 5) is 7.76. The molecule has 0 fully saturated rings. The molecule has 0 aromatic carbocycles. The van der Waals surface area contributed by atoms with Crippen LogP contribution in [0.3, 0.4) is 0 Å². The van der Waals surface area contributed by atoms with Crippen molar-refractivity contribution in [3.05, 3.63) is 11.1 Å². The predicted molar refractivity (Wildman–Crippen MR) is 73.5 cm³/mol. The molecule has 0 radical (unpaired) electrons. The normalized spacial score (nSPS) is 12.1. The van der Waals surface area contributed by atoms with Gasteiger partial charge in [0, 0.05) is 30.7 Å². The van der Waals surface area contributed by atoms with Gasteiger partial charge in [-0.2, -0.15) is 0 Å². The van der Waals surface area contributed by atoms with Gasteiger partial charge in [-0.05, 0) is 27.3 Å². The molecule has 1 aromatic rings. The molecule has 5 heteroatoms. The van der Waals surface area contributed by atoms with E-state index in [0.29, 0.717) is 6.54 Å². The summed E-state index contributed by atoms with van der Waals surface area (Å²) in [7, 11) is 0. The third kappa shape index (κ3) is 5.48. The third-order valence-electron chi connectivity index (χ3n) is 2.32. The highest BCUT2D eigenvalue weighted by molar-refractivity contribution is 7.15. The Morgan fingerprint density at radius 1 is 1.47 bits per heavy atom. The molecule has 0 amide bonds. The second-order valence-electron chi connectivity index (χ2n) is 4.78. The lowest BCUT2D eigenvalue weighted by Gasteiger charge is -2.27. The molecule has 0 aliphatic carbocycles. The number of nitrogens with one attached hydrogen (secondary N) is 1. The Labute approximate surface area is 108 Å². The Hall–Kier alpha value is -0.650. The lowest BCUT2D eigenvalue weighted by Crippen LogP contribution is -2.37. The van der Waals surface area contributed by atoms with Crippen LogP contribution >= 0.6 is 11.3 Å². The number of aliphatic hydroxyl groups is 1. The minimum atomic E-state index is -0.648. The van der Waals surface area contributed by atoms with E-state index >= 15 is 0 Å². The van der Waals surface area contributed by atoms with Crippen molar-refractivity contribution in [2.24, 2.45) is 0 Å². The fourth-order valence-electron chi connectivity index (χ4n) is 1.66. The first-order valence-corrected chi connectivity index (χ1v) is 6.89. The smallest absolute Gasteiger partial charge is 0.182 e. The van der Waals surface area contributed by atoms with Crippen LogP contribution in [-0.2, 0) is 6.54 Å². The van der Waals surface area contributed by atoms with Crippen molar-refractivity contribution in [2.45, 2.75) is 39.8 Å². The summed E-state index contributed by atoms with van der Waals surface area (Å²) in [6.07, 6.45) is 1.91. The molecule has 0 spiro atoms. The first-order valence-electron chi connectivity index (χ1n) is 6.08. The molecule has 98 valence electrons. The van der Waals surface area contributed by atoms with Gasteiger partial charge in [0.25, 0.3) is 0 Å². The number of aromatic nitrogens is 1. The van der Waals surface area contributed by atoms with E-state index in [-0.39, 0.29) is 0 Å². The number of anilines is 1. The van der Waals surface area contributed by atoms with Crippen molar-refractivity contribution in [1.82, 2.24) is 9.88 Å². The van der Waals surface area contributed by atoms with Crippen molar-refractivity contribution in [2.75, 3.05) is 25.0 Å². The third-order valence-corrected chi connectivity index (χ3v) is 3.26. The maximum atomic E-state index is 9.82. The molecule has 0 saturated carbocycles. The van der Waals surface area contributed by atoms with Crippen LogP contribution in [0.2, 0.25) is 0 Å². The topological polar surface area (TPSA) is 48.4 Å². The number of thiazole rings is 1. The zero-order valence-corrected chi connectivity index (χ0v) is 12.0. The number of rotatable bonds is 7. The number of hydrogen-bond acceptors (Lipinski definition) is 5. The minimum Gasteiger partial charge on any atom is -0.389 e. The molecule has 0 unspecified atom stereocenters. The van der Waals surface area contributed by atoms with E-state index in [2.05, 4.69) is 29.0 Å². The molecule has 2 N–H and O–H groups in total. The number of hydrogen-bond donors (Lipinski definition) is 2. The summed E-state index contributed by atoms with van der Waals surface area (Å²) in [5, 5.41) is 14.0. The van der Waals surface area contributed by atoms with Crippen LogP contribution in [-0.4, -0.2) is 40.2 Å². The molecule has 1 rings (SSSR count). The van der Waals surface area contributed by atoms with Gasteiger partial charge in [0.05, 0.1) is 5.60 Å². The summed E-state index contributed by atoms with van der Waals surface area (Å²) in [6.45, 7) is 11.2. The molecular formula is C12H23N3OS. The van der Waals surface area contributed by atoms with Crippen LogP contribution in [0.1, 0.15) is 32.6 Å². The van der Waals surface area contributed by atoms with Gasteiger partial charge in [-0.15, -0.1) is 11.3 Å². The van der Waals surface area contributed by atoms with Crippen molar-refractivity contribution < 1.29 is 5.11 Å². The Balaban J connectivity index is 2.54. The zero-order valence-electron chi connectivity index (χ0n) is 11.2. The maximum Gasteiger partial charge on any atom is 0.182 e. The highest BCUT2D eigenvalue weighted by atomic mass is 32.1. The van der Waals surface area contributed by atoms with Gasteiger partial charge in [-0.3, -0.25) is 4.90 Å². The van der Waals surface area contributed by atoms with E-state index in [1.54, 1.807) is 11.3 Å². The van der Waals surface area contributed by atoms with Crippen LogP contribution in [0, 0.1) is 0 Å². The van der Waals surface area contributed by atoms with Crippen LogP contribution in [0.4, 0.5) is 5.13 Å². The fourth-order valence-corrected chi connectivity index (χ4v) is 2.58. The van der Waals surface area contributed by atoms with Crippen molar-refractivity contribution in [1.29, 1.82) is 0 Å². The summed E-state index contributed by atoms with van der Waals surface area (Å²) in [6, 6.07) is 0. The molecule has 0 bridgehead atoms. The molecule has 0 aliphatic heterocycles. The van der Waals surface area contributed by atoms with Gasteiger partial charge in [-0.25, -0.2) is 4.98 Å². The fraction of sp³-hybridized carbons (Fsp3) is 0.750. The Morgan fingerprint density at radius 2 is 2.18 bits per heavy atom. The molecule has 17 heavy (non-hydrogen) atoms. The van der Waals surface area contributed by atoms with Crippen molar-refractivity contribution >= 4 is 16.5 Å². The van der Waals surface area contributed by atoms with Gasteiger partial charge >= 0.3 is 0 Å². The molecule has 0 atom stereocenters. The summed E-state index contributed by atoms with van der Waals surface area (Å²) in [5.74, 6) is 0. The van der Waals surface area contributed by atoms with Crippen LogP contribution in [0.25, 0.3) is 0 Å². The van der Waals surface area contributed by atoms with E-state index in [1.807, 2.05) is 20.0 Å². The highest BCUT2D eigenvalue weighted by Gasteiger charge is 2.17. The summed E-state index contributed by atoms with van der Waals surface area (Å²) >= 11 is 1.68. The van der Waals surface area contributed by atoms with Gasteiger partial charge in [0.1, 0.15) is 0 Å². The van der Waals surface area contributed by atoms with Crippen molar-refractivity contribution in [3.8, 4) is 0 Å². The van der Waals surface area contributed by atoms with E-state index in [9.17, 15) is 5.11 Å². The number of likely N-dealkylation sites (N-methyl/N-ethyl adjacent to an activating group) is 1. The molecule has 0 saturated heterocycles. The van der Waals surface area contributed by atoms with Crippen LogP contribution in [0.15, 0.2) is 6.20 Å². The Bertz CT molecular complexity index is 333. The van der Waals surface area contributed by atoms with Gasteiger partial charge in [-0.1, -0.05) is 6.92 Å². The summed E-state index contributed by atoms with van der Waals surface area (Å²) < 4.78 is 0. The first-order chi connectivity index (χ1) is 7.94. The monoisotopic (exact) mass is 257 g/mol. The average Bonchev–Trinajstić information content (AvgIpc) is 2.63. The van der Waals surface area contributed by atoms with Crippen LogP contribution in [0.5, 0.6) is 0 Å². The second kappa shape index (κ2) is 6.33. The Morgan fingerprint density at radius 3 is 2.71 bits per heavy atom. The second-order valence-corrected chi connectivity index (χ2v) is 5.89. The maximum absolute atomic E-state index is 9.82. The quantitative estimate of drug-likeness (QED) is 0.786. The lowest BCUT2D eigenvalue weighted by molar-refractivity contribution is 0.0356. The SMILES string of the molecule is CCNc1ncc(CN(CC)CC(C)(C)O)s1. The Kier molecular flexibility index (Phi) is 5.36. The molecule has 1 heterocycles. The standard InChI is InChI=1S/C12H23N3OS/c1-5-13-11-14-7-10(17-11)8-15(6-2)9-12(3,4)16/h7,16H,5-6,8-9H2,1-4H3,(H,13,14). The summed E-state index contributed by atoms with van der Waals surface area (Å²) in [5.41, 5.74) is -0.648. The molecule has 1 aromatic heterocycles. The van der Waals surface area contributed by atoms with Gasteiger partial charge in [0.15, 0.2) is 5.13 Å². The van der Waals surface area contributed by atoms with E-state index < -0.39 is 5.60 Å². The molecular weight excluding hydrogens is 234 g/mol. The van der Waals surface area contributed by atoms with Crippen LogP contribution < -0.4 is 5.32 Å². The average molecular weight is 257 g/mol. The van der Waals surface area contributed by atoms with E-state index in [0.717, 1.165) is 24.8 Å². The van der Waals surface area contributed by atoms with Gasteiger partial charge in [0.2, 0.25) is 0 Å². The van der Waals surface area contributed by atoms with E-state index in [4.69, 9.17) is 0 Å². The van der Waals surface area contributed by atoms with E-state index in [1.165, 1.54) is 4.88 Å². The first kappa shape index (κ1) is 14.4. The highest BCUT2D eigenvalue weighted by Crippen LogP contribution is 2.20. The number of nitrogens with zero attached hydrogens (tertiary/aromatic N) is 2. The minimum absolute atomic E-state index is 0.648. The lowest BCUT2D eigenvalue weighted by atomic mass is 10.1. The van der Waals surface area contributed by atoms with Gasteiger partial charge < -0.3 is 10.4 Å². The molecule has 4 nitrogen and oxygen atoms in total. The predicted octanol–water partition coefficient (Wildman–Crippen LogP) is 2.17. The van der Waals surface area contributed by atoms with Crippen molar-refractivity contribution in [3.63, 3.8) is 0 Å². The zero-order chi connectivity index (χ0) is 12.9.